The number of hydrogen-bond donors (Lipinski definition) is 1. The van der Waals surface area contributed by atoms with Crippen LogP contribution in [0.25, 0.3) is 0 Å². The van der Waals surface area contributed by atoms with Gasteiger partial charge < -0.3 is 5.11 Å². The number of carboxylic acids is 1. The molecule has 1 heterocycles. The van der Waals surface area contributed by atoms with Gasteiger partial charge in [-0.05, 0) is 24.0 Å². The van der Waals surface area contributed by atoms with E-state index in [0.29, 0.717) is 25.9 Å². The van der Waals surface area contributed by atoms with Crippen LogP contribution in [0.3, 0.4) is 0 Å². The minimum Gasteiger partial charge on any atom is -0.480 e. The molecule has 2 rings (SSSR count). The van der Waals surface area contributed by atoms with Crippen LogP contribution in [0.4, 0.5) is 0 Å². The standard InChI is InChI=1S/C14H16N2O2/c15-7-3-4-8-16-10-12-6-2-1-5-11(12)9-13(16)14(17)18/h1-2,5-6,13H,3-4,8-10H2,(H,17,18). The number of hydrogen-bond acceptors (Lipinski definition) is 3. The van der Waals surface area contributed by atoms with Crippen molar-refractivity contribution in [3.63, 3.8) is 0 Å². The first kappa shape index (κ1) is 12.6. The van der Waals surface area contributed by atoms with E-state index in [1.165, 1.54) is 5.56 Å². The quantitative estimate of drug-likeness (QED) is 0.820. The van der Waals surface area contributed by atoms with Gasteiger partial charge in [-0.25, -0.2) is 0 Å². The summed E-state index contributed by atoms with van der Waals surface area (Å²) < 4.78 is 0. The minimum absolute atomic E-state index is 0.460. The van der Waals surface area contributed by atoms with E-state index in [2.05, 4.69) is 6.07 Å². The summed E-state index contributed by atoms with van der Waals surface area (Å²) in [5.74, 6) is -0.776. The summed E-state index contributed by atoms with van der Waals surface area (Å²) in [5.41, 5.74) is 2.33. The van der Waals surface area contributed by atoms with Crippen LogP contribution in [0.5, 0.6) is 0 Å². The van der Waals surface area contributed by atoms with Gasteiger partial charge in [-0.1, -0.05) is 24.3 Å². The van der Waals surface area contributed by atoms with Crippen LogP contribution in [-0.2, 0) is 17.8 Å². The summed E-state index contributed by atoms with van der Waals surface area (Å²) in [6.07, 6.45) is 1.75. The lowest BCUT2D eigenvalue weighted by Gasteiger charge is -2.34. The van der Waals surface area contributed by atoms with Crippen LogP contribution in [-0.4, -0.2) is 28.6 Å². The van der Waals surface area contributed by atoms with Gasteiger partial charge in [-0.2, -0.15) is 5.26 Å². The Hall–Kier alpha value is -1.86. The van der Waals surface area contributed by atoms with Crippen LogP contribution in [0, 0.1) is 11.3 Å². The Labute approximate surface area is 106 Å². The molecule has 1 unspecified atom stereocenters. The zero-order valence-electron chi connectivity index (χ0n) is 10.2. The van der Waals surface area contributed by atoms with Crippen LogP contribution in [0.2, 0.25) is 0 Å². The van der Waals surface area contributed by atoms with Crippen molar-refractivity contribution in [2.75, 3.05) is 6.54 Å². The first-order valence-electron chi connectivity index (χ1n) is 6.13. The van der Waals surface area contributed by atoms with Crippen molar-refractivity contribution in [2.45, 2.75) is 31.8 Å². The van der Waals surface area contributed by atoms with Crippen molar-refractivity contribution in [1.82, 2.24) is 4.90 Å². The molecule has 1 aromatic rings. The number of carbonyl (C=O) groups is 1. The number of aliphatic carboxylic acids is 1. The van der Waals surface area contributed by atoms with Crippen molar-refractivity contribution in [1.29, 1.82) is 5.26 Å². The van der Waals surface area contributed by atoms with Gasteiger partial charge in [0.25, 0.3) is 0 Å². The van der Waals surface area contributed by atoms with Gasteiger partial charge in [0.1, 0.15) is 6.04 Å². The van der Waals surface area contributed by atoms with Gasteiger partial charge in [0.15, 0.2) is 0 Å². The molecule has 0 aliphatic carbocycles. The smallest absolute Gasteiger partial charge is 0.321 e. The third kappa shape index (κ3) is 2.69. The van der Waals surface area contributed by atoms with Crippen LogP contribution in [0.1, 0.15) is 24.0 Å². The molecular formula is C14H16N2O2. The summed E-state index contributed by atoms with van der Waals surface area (Å²) >= 11 is 0. The maximum Gasteiger partial charge on any atom is 0.321 e. The summed E-state index contributed by atoms with van der Waals surface area (Å²) in [4.78, 5) is 13.3. The summed E-state index contributed by atoms with van der Waals surface area (Å²) in [6.45, 7) is 1.33. The zero-order valence-corrected chi connectivity index (χ0v) is 10.2. The molecule has 1 atom stereocenters. The molecular weight excluding hydrogens is 228 g/mol. The highest BCUT2D eigenvalue weighted by atomic mass is 16.4. The minimum atomic E-state index is -0.776. The molecule has 1 aromatic carbocycles. The summed E-state index contributed by atoms with van der Waals surface area (Å²) in [7, 11) is 0. The number of unbranched alkanes of at least 4 members (excludes halogenated alkanes) is 1. The molecule has 1 aliphatic rings. The SMILES string of the molecule is N#CCCCN1Cc2ccccc2CC1C(=O)O. The van der Waals surface area contributed by atoms with Crippen molar-refractivity contribution in [2.24, 2.45) is 0 Å². The van der Waals surface area contributed by atoms with E-state index in [1.54, 1.807) is 0 Å². The van der Waals surface area contributed by atoms with Crippen molar-refractivity contribution < 1.29 is 9.90 Å². The molecule has 1 aliphatic heterocycles. The Balaban J connectivity index is 2.13. The number of benzene rings is 1. The predicted molar refractivity (Wildman–Crippen MR) is 66.8 cm³/mol. The monoisotopic (exact) mass is 244 g/mol. The van der Waals surface area contributed by atoms with Crippen LogP contribution < -0.4 is 0 Å². The molecule has 4 heteroatoms. The van der Waals surface area contributed by atoms with E-state index in [9.17, 15) is 9.90 Å². The molecule has 1 N–H and O–H groups in total. The molecule has 0 radical (unpaired) electrons. The maximum atomic E-state index is 11.3. The normalized spacial score (nSPS) is 18.9. The summed E-state index contributed by atoms with van der Waals surface area (Å²) in [6, 6.07) is 9.61. The van der Waals surface area contributed by atoms with Gasteiger partial charge in [-0.3, -0.25) is 9.69 Å². The Morgan fingerprint density at radius 2 is 2.17 bits per heavy atom. The topological polar surface area (TPSA) is 64.3 Å². The zero-order chi connectivity index (χ0) is 13.0. The third-order valence-corrected chi connectivity index (χ3v) is 3.36. The molecule has 0 saturated carbocycles. The summed E-state index contributed by atoms with van der Waals surface area (Å²) in [5, 5.41) is 17.8. The second-order valence-corrected chi connectivity index (χ2v) is 4.56. The molecule has 0 fully saturated rings. The largest absolute Gasteiger partial charge is 0.480 e. The van der Waals surface area contributed by atoms with E-state index >= 15 is 0 Å². The predicted octanol–water partition coefficient (Wildman–Crippen LogP) is 1.80. The lowest BCUT2D eigenvalue weighted by atomic mass is 9.94. The fourth-order valence-electron chi connectivity index (χ4n) is 2.42. The lowest BCUT2D eigenvalue weighted by molar-refractivity contribution is -0.144. The van der Waals surface area contributed by atoms with Gasteiger partial charge in [0.05, 0.1) is 6.07 Å². The fraction of sp³-hybridized carbons (Fsp3) is 0.429. The first-order valence-corrected chi connectivity index (χ1v) is 6.13. The fourth-order valence-corrected chi connectivity index (χ4v) is 2.42. The second-order valence-electron chi connectivity index (χ2n) is 4.56. The Morgan fingerprint density at radius 1 is 1.44 bits per heavy atom. The van der Waals surface area contributed by atoms with Crippen LogP contribution >= 0.6 is 0 Å². The van der Waals surface area contributed by atoms with Gasteiger partial charge in [0.2, 0.25) is 0 Å². The van der Waals surface area contributed by atoms with E-state index in [0.717, 1.165) is 12.0 Å². The van der Waals surface area contributed by atoms with E-state index in [1.807, 2.05) is 29.2 Å². The average Bonchev–Trinajstić information content (AvgIpc) is 2.38. The molecule has 0 spiro atoms. The second kappa shape index (κ2) is 5.65. The number of nitriles is 1. The molecule has 94 valence electrons. The van der Waals surface area contributed by atoms with Gasteiger partial charge in [0, 0.05) is 19.5 Å². The molecule has 0 amide bonds. The van der Waals surface area contributed by atoms with E-state index in [4.69, 9.17) is 5.26 Å². The number of rotatable bonds is 4. The van der Waals surface area contributed by atoms with Crippen molar-refractivity contribution in [3.8, 4) is 6.07 Å². The number of fused-ring (bicyclic) bond motifs is 1. The molecule has 4 nitrogen and oxygen atoms in total. The number of nitrogens with zero attached hydrogens (tertiary/aromatic N) is 2. The Kier molecular flexibility index (Phi) is 3.96. The molecule has 0 saturated heterocycles. The van der Waals surface area contributed by atoms with E-state index in [-0.39, 0.29) is 0 Å². The number of carboxylic acid groups (broad SMARTS) is 1. The Bertz CT molecular complexity index is 479. The van der Waals surface area contributed by atoms with Crippen LogP contribution in [0.15, 0.2) is 24.3 Å². The lowest BCUT2D eigenvalue weighted by Crippen LogP contribution is -2.45. The van der Waals surface area contributed by atoms with Crippen molar-refractivity contribution >= 4 is 5.97 Å². The molecule has 0 bridgehead atoms. The highest BCUT2D eigenvalue weighted by Crippen LogP contribution is 2.23. The average molecular weight is 244 g/mol. The Morgan fingerprint density at radius 3 is 2.83 bits per heavy atom. The van der Waals surface area contributed by atoms with Gasteiger partial charge >= 0.3 is 5.97 Å². The highest BCUT2D eigenvalue weighted by molar-refractivity contribution is 5.74. The van der Waals surface area contributed by atoms with Gasteiger partial charge in [-0.15, -0.1) is 0 Å². The van der Waals surface area contributed by atoms with Crippen molar-refractivity contribution in [3.05, 3.63) is 35.4 Å². The molecule has 0 aromatic heterocycles. The first-order chi connectivity index (χ1) is 8.72. The highest BCUT2D eigenvalue weighted by Gasteiger charge is 2.30. The maximum absolute atomic E-state index is 11.3. The third-order valence-electron chi connectivity index (χ3n) is 3.36. The van der Waals surface area contributed by atoms with E-state index < -0.39 is 12.0 Å². The molecule has 18 heavy (non-hydrogen) atoms.